The van der Waals surface area contributed by atoms with Crippen LogP contribution in [0.3, 0.4) is 0 Å². The minimum atomic E-state index is -0.125. The minimum absolute atomic E-state index is 0.0134. The van der Waals surface area contributed by atoms with Crippen molar-refractivity contribution in [2.24, 2.45) is 5.41 Å². The molecule has 1 aromatic rings. The largest absolute Gasteiger partial charge is 0.355 e. The molecular weight excluding hydrogens is 244 g/mol. The summed E-state index contributed by atoms with van der Waals surface area (Å²) in [5.74, 6) is 0.210. The van der Waals surface area contributed by atoms with Gasteiger partial charge in [0.05, 0.1) is 5.41 Å². The van der Waals surface area contributed by atoms with Crippen LogP contribution in [0, 0.1) is 5.41 Å². The normalized spacial score (nSPS) is 17.5. The van der Waals surface area contributed by atoms with Crippen molar-refractivity contribution >= 4 is 17.2 Å². The van der Waals surface area contributed by atoms with E-state index in [9.17, 15) is 4.79 Å². The molecule has 0 spiro atoms. The first-order valence-electron chi connectivity index (χ1n) is 6.47. The first-order chi connectivity index (χ1) is 8.50. The lowest BCUT2D eigenvalue weighted by atomic mass is 9.91. The van der Waals surface area contributed by atoms with E-state index in [4.69, 9.17) is 0 Å². The maximum Gasteiger partial charge on any atom is 0.227 e. The Morgan fingerprint density at radius 3 is 2.72 bits per heavy atom. The predicted octanol–water partition coefficient (Wildman–Crippen LogP) is 2.14. The Morgan fingerprint density at radius 2 is 2.22 bits per heavy atom. The maximum absolute atomic E-state index is 12.2. The summed E-state index contributed by atoms with van der Waals surface area (Å²) in [6, 6.07) is 4.20. The molecule has 1 aliphatic carbocycles. The van der Waals surface area contributed by atoms with Crippen molar-refractivity contribution in [1.82, 2.24) is 10.6 Å². The Balaban J connectivity index is 1.90. The molecule has 0 bridgehead atoms. The summed E-state index contributed by atoms with van der Waals surface area (Å²) in [5, 5.41) is 8.33. The Bertz CT molecular complexity index is 407. The van der Waals surface area contributed by atoms with Crippen LogP contribution in [0.5, 0.6) is 0 Å². The molecule has 0 atom stereocenters. The van der Waals surface area contributed by atoms with Gasteiger partial charge in [0, 0.05) is 23.4 Å². The lowest BCUT2D eigenvalue weighted by Gasteiger charge is -2.25. The molecular formula is C14H22N2OS. The highest BCUT2D eigenvalue weighted by molar-refractivity contribution is 7.10. The fraction of sp³-hybridized carbons (Fsp3) is 0.643. The highest BCUT2D eigenvalue weighted by Crippen LogP contribution is 2.45. The van der Waals surface area contributed by atoms with Crippen molar-refractivity contribution < 1.29 is 4.79 Å². The van der Waals surface area contributed by atoms with Crippen LogP contribution in [-0.2, 0) is 10.2 Å². The van der Waals surface area contributed by atoms with Crippen molar-refractivity contribution in [3.8, 4) is 0 Å². The van der Waals surface area contributed by atoms with E-state index in [-0.39, 0.29) is 16.7 Å². The summed E-state index contributed by atoms with van der Waals surface area (Å²) in [4.78, 5) is 13.5. The molecule has 4 heteroatoms. The van der Waals surface area contributed by atoms with Crippen LogP contribution in [0.25, 0.3) is 0 Å². The molecule has 0 aromatic carbocycles. The number of thiophene rings is 1. The average molecular weight is 266 g/mol. The topological polar surface area (TPSA) is 41.1 Å². The monoisotopic (exact) mass is 266 g/mol. The Hall–Kier alpha value is -0.870. The van der Waals surface area contributed by atoms with Crippen LogP contribution >= 0.6 is 11.3 Å². The van der Waals surface area contributed by atoms with E-state index in [1.807, 2.05) is 7.05 Å². The molecule has 1 fully saturated rings. The molecule has 0 aliphatic heterocycles. The van der Waals surface area contributed by atoms with E-state index in [1.54, 1.807) is 11.3 Å². The fourth-order valence-electron chi connectivity index (χ4n) is 2.21. The van der Waals surface area contributed by atoms with Gasteiger partial charge in [0.15, 0.2) is 0 Å². The molecule has 18 heavy (non-hydrogen) atoms. The van der Waals surface area contributed by atoms with E-state index in [2.05, 4.69) is 42.0 Å². The summed E-state index contributed by atoms with van der Waals surface area (Å²) < 4.78 is 0. The molecule has 1 saturated carbocycles. The number of carbonyl (C=O) groups is 1. The van der Waals surface area contributed by atoms with Gasteiger partial charge in [0.25, 0.3) is 0 Å². The molecule has 1 heterocycles. The summed E-state index contributed by atoms with van der Waals surface area (Å²) in [6.07, 6.45) is 2.03. The SMILES string of the molecule is CNCC1(C(=O)NCC(C)(C)c2cccs2)CC1. The Labute approximate surface area is 113 Å². The van der Waals surface area contributed by atoms with Crippen LogP contribution in [0.1, 0.15) is 31.6 Å². The van der Waals surface area contributed by atoms with Crippen molar-refractivity contribution in [3.63, 3.8) is 0 Å². The first-order valence-corrected chi connectivity index (χ1v) is 7.35. The second-order valence-electron chi connectivity index (χ2n) is 5.85. The lowest BCUT2D eigenvalue weighted by Crippen LogP contribution is -2.42. The van der Waals surface area contributed by atoms with E-state index >= 15 is 0 Å². The van der Waals surface area contributed by atoms with Gasteiger partial charge in [-0.2, -0.15) is 0 Å². The summed E-state index contributed by atoms with van der Waals surface area (Å²) >= 11 is 1.75. The van der Waals surface area contributed by atoms with Crippen molar-refractivity contribution in [2.45, 2.75) is 32.1 Å². The van der Waals surface area contributed by atoms with Gasteiger partial charge in [0.2, 0.25) is 5.91 Å². The second kappa shape index (κ2) is 5.02. The van der Waals surface area contributed by atoms with Gasteiger partial charge in [0.1, 0.15) is 0 Å². The van der Waals surface area contributed by atoms with Gasteiger partial charge < -0.3 is 10.6 Å². The van der Waals surface area contributed by atoms with Gasteiger partial charge in [-0.15, -0.1) is 11.3 Å². The van der Waals surface area contributed by atoms with E-state index < -0.39 is 0 Å². The molecule has 2 rings (SSSR count). The van der Waals surface area contributed by atoms with E-state index in [0.29, 0.717) is 6.54 Å². The Kier molecular flexibility index (Phi) is 3.78. The molecule has 2 N–H and O–H groups in total. The number of carbonyl (C=O) groups excluding carboxylic acids is 1. The fourth-order valence-corrected chi connectivity index (χ4v) is 3.07. The van der Waals surface area contributed by atoms with E-state index in [0.717, 1.165) is 19.4 Å². The molecule has 1 amide bonds. The average Bonchev–Trinajstić information content (AvgIpc) is 2.91. The molecule has 3 nitrogen and oxygen atoms in total. The van der Waals surface area contributed by atoms with Crippen LogP contribution in [0.15, 0.2) is 17.5 Å². The highest BCUT2D eigenvalue weighted by Gasteiger charge is 2.49. The first kappa shape index (κ1) is 13.6. The van der Waals surface area contributed by atoms with Gasteiger partial charge in [-0.05, 0) is 31.3 Å². The summed E-state index contributed by atoms with van der Waals surface area (Å²) in [5.41, 5.74) is -0.111. The van der Waals surface area contributed by atoms with Crippen LogP contribution < -0.4 is 10.6 Å². The smallest absolute Gasteiger partial charge is 0.227 e. The summed E-state index contributed by atoms with van der Waals surface area (Å²) in [6.45, 7) is 5.85. The predicted molar refractivity (Wildman–Crippen MR) is 75.9 cm³/mol. The minimum Gasteiger partial charge on any atom is -0.355 e. The Morgan fingerprint density at radius 1 is 1.50 bits per heavy atom. The van der Waals surface area contributed by atoms with Crippen LogP contribution in [0.2, 0.25) is 0 Å². The second-order valence-corrected chi connectivity index (χ2v) is 6.80. The zero-order valence-electron chi connectivity index (χ0n) is 11.4. The van der Waals surface area contributed by atoms with E-state index in [1.165, 1.54) is 4.88 Å². The van der Waals surface area contributed by atoms with Crippen LogP contribution in [0.4, 0.5) is 0 Å². The molecule has 1 aliphatic rings. The molecule has 1 aromatic heterocycles. The third-order valence-electron chi connectivity index (χ3n) is 3.73. The molecule has 100 valence electrons. The maximum atomic E-state index is 12.2. The third kappa shape index (κ3) is 2.75. The highest BCUT2D eigenvalue weighted by atomic mass is 32.1. The summed E-state index contributed by atoms with van der Waals surface area (Å²) in [7, 11) is 1.91. The number of rotatable bonds is 6. The van der Waals surface area contributed by atoms with Gasteiger partial charge in [-0.1, -0.05) is 19.9 Å². The van der Waals surface area contributed by atoms with Crippen molar-refractivity contribution in [2.75, 3.05) is 20.1 Å². The zero-order chi connectivity index (χ0) is 13.2. The van der Waals surface area contributed by atoms with Gasteiger partial charge in [-0.3, -0.25) is 4.79 Å². The zero-order valence-corrected chi connectivity index (χ0v) is 12.2. The van der Waals surface area contributed by atoms with Crippen molar-refractivity contribution in [1.29, 1.82) is 0 Å². The van der Waals surface area contributed by atoms with Crippen molar-refractivity contribution in [3.05, 3.63) is 22.4 Å². The van der Waals surface area contributed by atoms with Gasteiger partial charge >= 0.3 is 0 Å². The molecule has 0 unspecified atom stereocenters. The lowest BCUT2D eigenvalue weighted by molar-refractivity contribution is -0.126. The van der Waals surface area contributed by atoms with Crippen LogP contribution in [-0.4, -0.2) is 26.0 Å². The number of nitrogens with one attached hydrogen (secondary N) is 2. The molecule has 0 saturated heterocycles. The number of hydrogen-bond donors (Lipinski definition) is 2. The van der Waals surface area contributed by atoms with Gasteiger partial charge in [-0.25, -0.2) is 0 Å². The number of amides is 1. The number of hydrogen-bond acceptors (Lipinski definition) is 3. The quantitative estimate of drug-likeness (QED) is 0.828. The third-order valence-corrected chi connectivity index (χ3v) is 4.97. The molecule has 0 radical (unpaired) electrons. The standard InChI is InChI=1S/C14H22N2OS/c1-13(2,11-5-4-8-18-11)9-16-12(17)14(6-7-14)10-15-3/h4-5,8,15H,6-7,9-10H2,1-3H3,(H,16,17).